The maximum Gasteiger partial charge on any atom is 0.503 e. The highest BCUT2D eigenvalue weighted by atomic mass is 16.6. The molecule has 1 aromatic rings. The smallest absolute Gasteiger partial charge is 0.493 e. The minimum Gasteiger partial charge on any atom is -0.493 e. The molecule has 0 fully saturated rings. The lowest BCUT2D eigenvalue weighted by molar-refractivity contribution is 0.137. The largest absolute Gasteiger partial charge is 0.503 e. The molecule has 14 heavy (non-hydrogen) atoms. The highest BCUT2D eigenvalue weighted by Gasteiger charge is 2.06. The van der Waals surface area contributed by atoms with Gasteiger partial charge in [-0.2, -0.15) is 0 Å². The lowest BCUT2D eigenvalue weighted by Gasteiger charge is -2.15. The topological polar surface area (TPSA) is 66.8 Å². The Labute approximate surface area is 81.8 Å². The Balaban J connectivity index is 0.000000213. The minimum atomic E-state index is -1.83. The van der Waals surface area contributed by atoms with Gasteiger partial charge >= 0.3 is 6.16 Å². The Kier molecular flexibility index (Phi) is 3.79. The third-order valence-corrected chi connectivity index (χ3v) is 1.82. The Hall–Kier alpha value is -1.71. The summed E-state index contributed by atoms with van der Waals surface area (Å²) in [5.74, 6) is 1.08. The van der Waals surface area contributed by atoms with Crippen LogP contribution >= 0.6 is 0 Å². The number of benzene rings is 1. The van der Waals surface area contributed by atoms with E-state index in [1.807, 2.05) is 12.1 Å². The molecule has 1 aliphatic heterocycles. The number of rotatable bonds is 0. The standard InChI is InChI=1S/C9H10O.CH2O3/c1-2-6-9-8(4-1)5-3-7-10-9;2-1(3)4/h1-2,4,6H,3,5,7H2;(H2,2,3,4). The average molecular weight is 196 g/mol. The Bertz CT molecular complexity index is 280. The Morgan fingerprint density at radius 1 is 1.29 bits per heavy atom. The molecule has 0 unspecified atom stereocenters. The maximum atomic E-state index is 8.56. The number of hydrogen-bond donors (Lipinski definition) is 2. The second-order valence-corrected chi connectivity index (χ2v) is 2.84. The third-order valence-electron chi connectivity index (χ3n) is 1.82. The molecule has 1 heterocycles. The normalized spacial score (nSPS) is 12.9. The fourth-order valence-electron chi connectivity index (χ4n) is 1.30. The number of fused-ring (bicyclic) bond motifs is 1. The Morgan fingerprint density at radius 2 is 1.93 bits per heavy atom. The van der Waals surface area contributed by atoms with Crippen LogP contribution in [0, 0.1) is 0 Å². The molecular formula is C10H12O4. The van der Waals surface area contributed by atoms with Gasteiger partial charge in [-0.15, -0.1) is 0 Å². The van der Waals surface area contributed by atoms with E-state index in [-0.39, 0.29) is 0 Å². The molecular weight excluding hydrogens is 184 g/mol. The van der Waals surface area contributed by atoms with E-state index in [2.05, 4.69) is 12.1 Å². The molecule has 0 amide bonds. The van der Waals surface area contributed by atoms with Crippen molar-refractivity contribution in [3.63, 3.8) is 0 Å². The van der Waals surface area contributed by atoms with Crippen LogP contribution in [-0.2, 0) is 6.42 Å². The van der Waals surface area contributed by atoms with Crippen LogP contribution in [0.2, 0.25) is 0 Å². The summed E-state index contributed by atoms with van der Waals surface area (Å²) in [7, 11) is 0. The molecule has 4 nitrogen and oxygen atoms in total. The molecule has 1 aromatic carbocycles. The van der Waals surface area contributed by atoms with Gasteiger partial charge in [0.15, 0.2) is 0 Å². The number of carboxylic acid groups (broad SMARTS) is 2. The lowest BCUT2D eigenvalue weighted by Crippen LogP contribution is -2.07. The van der Waals surface area contributed by atoms with E-state index in [1.165, 1.54) is 12.0 Å². The lowest BCUT2D eigenvalue weighted by atomic mass is 10.1. The van der Waals surface area contributed by atoms with Gasteiger partial charge in [0.2, 0.25) is 0 Å². The molecule has 0 aliphatic carbocycles. The molecule has 2 rings (SSSR count). The van der Waals surface area contributed by atoms with Crippen molar-refractivity contribution < 1.29 is 19.7 Å². The van der Waals surface area contributed by atoms with Crippen LogP contribution in [0.1, 0.15) is 12.0 Å². The van der Waals surface area contributed by atoms with Crippen molar-refractivity contribution in [2.45, 2.75) is 12.8 Å². The van der Waals surface area contributed by atoms with Crippen molar-refractivity contribution in [2.75, 3.05) is 6.61 Å². The summed E-state index contributed by atoms with van der Waals surface area (Å²) in [6, 6.07) is 8.25. The predicted octanol–water partition coefficient (Wildman–Crippen LogP) is 2.23. The first-order valence-corrected chi connectivity index (χ1v) is 4.33. The third kappa shape index (κ3) is 3.35. The predicted molar refractivity (Wildman–Crippen MR) is 50.9 cm³/mol. The molecule has 0 bridgehead atoms. The zero-order valence-corrected chi connectivity index (χ0v) is 7.64. The van der Waals surface area contributed by atoms with Crippen LogP contribution < -0.4 is 4.74 Å². The van der Waals surface area contributed by atoms with Crippen LogP contribution in [-0.4, -0.2) is 23.0 Å². The fraction of sp³-hybridized carbons (Fsp3) is 0.300. The van der Waals surface area contributed by atoms with Crippen LogP contribution in [0.5, 0.6) is 5.75 Å². The molecule has 0 spiro atoms. The first-order valence-electron chi connectivity index (χ1n) is 4.33. The summed E-state index contributed by atoms with van der Waals surface area (Å²) >= 11 is 0. The van der Waals surface area contributed by atoms with Crippen molar-refractivity contribution in [3.8, 4) is 5.75 Å². The summed E-state index contributed by atoms with van der Waals surface area (Å²) in [5.41, 5.74) is 1.36. The zero-order valence-electron chi connectivity index (χ0n) is 7.64. The molecule has 0 saturated carbocycles. The summed E-state index contributed by atoms with van der Waals surface area (Å²) < 4.78 is 5.42. The molecule has 4 heteroatoms. The van der Waals surface area contributed by atoms with Gasteiger partial charge in [0.05, 0.1) is 6.61 Å². The monoisotopic (exact) mass is 196 g/mol. The molecule has 1 aliphatic rings. The SMILES string of the molecule is O=C(O)O.c1ccc2c(c1)CCCO2. The summed E-state index contributed by atoms with van der Waals surface area (Å²) in [6.45, 7) is 0.886. The van der Waals surface area contributed by atoms with Gasteiger partial charge < -0.3 is 14.9 Å². The molecule has 0 saturated heterocycles. The number of para-hydroxylation sites is 1. The molecule has 76 valence electrons. The van der Waals surface area contributed by atoms with Gasteiger partial charge in [-0.25, -0.2) is 4.79 Å². The van der Waals surface area contributed by atoms with E-state index < -0.39 is 6.16 Å². The fourth-order valence-corrected chi connectivity index (χ4v) is 1.30. The van der Waals surface area contributed by atoms with E-state index in [0.717, 1.165) is 18.8 Å². The van der Waals surface area contributed by atoms with Gasteiger partial charge in [0.25, 0.3) is 0 Å². The van der Waals surface area contributed by atoms with Crippen LogP contribution in [0.15, 0.2) is 24.3 Å². The quantitative estimate of drug-likeness (QED) is 0.667. The second-order valence-electron chi connectivity index (χ2n) is 2.84. The van der Waals surface area contributed by atoms with E-state index in [9.17, 15) is 0 Å². The summed E-state index contributed by atoms with van der Waals surface area (Å²) in [6.07, 6.45) is 0.507. The average Bonchev–Trinajstić information content (AvgIpc) is 2.17. The first-order chi connectivity index (χ1) is 6.70. The van der Waals surface area contributed by atoms with Gasteiger partial charge in [-0.3, -0.25) is 0 Å². The van der Waals surface area contributed by atoms with E-state index in [1.54, 1.807) is 0 Å². The molecule has 0 radical (unpaired) electrons. The maximum absolute atomic E-state index is 8.56. The van der Waals surface area contributed by atoms with Crippen molar-refractivity contribution in [3.05, 3.63) is 29.8 Å². The molecule has 0 aromatic heterocycles. The van der Waals surface area contributed by atoms with Crippen molar-refractivity contribution in [1.29, 1.82) is 0 Å². The van der Waals surface area contributed by atoms with E-state index in [0.29, 0.717) is 0 Å². The van der Waals surface area contributed by atoms with Crippen molar-refractivity contribution in [1.82, 2.24) is 0 Å². The number of carbonyl (C=O) groups is 1. The van der Waals surface area contributed by atoms with Crippen LogP contribution in [0.4, 0.5) is 4.79 Å². The summed E-state index contributed by atoms with van der Waals surface area (Å²) in [5, 5.41) is 13.9. The van der Waals surface area contributed by atoms with Gasteiger partial charge in [0.1, 0.15) is 5.75 Å². The van der Waals surface area contributed by atoms with Crippen LogP contribution in [0.25, 0.3) is 0 Å². The summed E-state index contributed by atoms with van der Waals surface area (Å²) in [4.78, 5) is 8.56. The molecule has 2 N–H and O–H groups in total. The minimum absolute atomic E-state index is 0.886. The number of hydrogen-bond acceptors (Lipinski definition) is 2. The highest BCUT2D eigenvalue weighted by molar-refractivity contribution is 5.53. The number of aryl methyl sites for hydroxylation is 1. The number of ether oxygens (including phenoxy) is 1. The van der Waals surface area contributed by atoms with E-state index in [4.69, 9.17) is 19.7 Å². The highest BCUT2D eigenvalue weighted by Crippen LogP contribution is 2.22. The first kappa shape index (κ1) is 10.4. The van der Waals surface area contributed by atoms with E-state index >= 15 is 0 Å². The van der Waals surface area contributed by atoms with Crippen LogP contribution in [0.3, 0.4) is 0 Å². The zero-order chi connectivity index (χ0) is 10.4. The van der Waals surface area contributed by atoms with Gasteiger partial charge in [0, 0.05) is 0 Å². The van der Waals surface area contributed by atoms with Crippen molar-refractivity contribution >= 4 is 6.16 Å². The van der Waals surface area contributed by atoms with Gasteiger partial charge in [-0.1, -0.05) is 18.2 Å². The van der Waals surface area contributed by atoms with Crippen molar-refractivity contribution in [2.24, 2.45) is 0 Å². The Morgan fingerprint density at radius 3 is 2.57 bits per heavy atom. The second kappa shape index (κ2) is 5.11. The molecule has 0 atom stereocenters. The van der Waals surface area contributed by atoms with Gasteiger partial charge in [-0.05, 0) is 24.5 Å².